The van der Waals surface area contributed by atoms with E-state index in [0.717, 1.165) is 19.4 Å². The fourth-order valence-electron chi connectivity index (χ4n) is 4.12. The molecule has 2 aliphatic heterocycles. The maximum atomic E-state index is 13.0. The highest BCUT2D eigenvalue weighted by Crippen LogP contribution is 2.22. The zero-order chi connectivity index (χ0) is 21.7. The predicted molar refractivity (Wildman–Crippen MR) is 112 cm³/mol. The molecule has 0 aromatic heterocycles. The number of piperidine rings is 1. The van der Waals surface area contributed by atoms with Gasteiger partial charge in [-0.25, -0.2) is 8.42 Å². The van der Waals surface area contributed by atoms with Crippen LogP contribution in [0.15, 0.2) is 35.2 Å². The fraction of sp³-hybridized carbons (Fsp3) is 0.619. The van der Waals surface area contributed by atoms with Crippen LogP contribution in [0.5, 0.6) is 0 Å². The van der Waals surface area contributed by atoms with Crippen molar-refractivity contribution in [2.75, 3.05) is 45.9 Å². The Morgan fingerprint density at radius 3 is 2.40 bits per heavy atom. The number of piperazine rings is 1. The molecule has 0 spiro atoms. The molecule has 2 saturated heterocycles. The number of carbonyl (C=O) groups is 2. The highest BCUT2D eigenvalue weighted by atomic mass is 32.2. The standard InChI is InChI=1S/C21H31N3O5S/c1-3-29-21(26)18-8-7-11-23(16-18)17(2)20(25)22-12-14-24(15-13-22)30(27,28)19-9-5-4-6-10-19/h4-6,9-10,17-18H,3,7-8,11-16H2,1-2H3/t17-,18-/m1/s1. The molecule has 8 nitrogen and oxygen atoms in total. The van der Waals surface area contributed by atoms with Crippen molar-refractivity contribution in [2.24, 2.45) is 5.92 Å². The van der Waals surface area contributed by atoms with Crippen LogP contribution in [0, 0.1) is 5.92 Å². The van der Waals surface area contributed by atoms with E-state index in [-0.39, 0.29) is 41.8 Å². The highest BCUT2D eigenvalue weighted by Gasteiger charge is 2.35. The molecule has 3 rings (SSSR count). The molecule has 0 bridgehead atoms. The van der Waals surface area contributed by atoms with Gasteiger partial charge in [-0.1, -0.05) is 18.2 Å². The highest BCUT2D eigenvalue weighted by molar-refractivity contribution is 7.89. The summed E-state index contributed by atoms with van der Waals surface area (Å²) in [6.07, 6.45) is 1.64. The first-order valence-electron chi connectivity index (χ1n) is 10.6. The Hall–Kier alpha value is -1.97. The largest absolute Gasteiger partial charge is 0.466 e. The van der Waals surface area contributed by atoms with Crippen molar-refractivity contribution in [1.29, 1.82) is 0 Å². The Labute approximate surface area is 178 Å². The van der Waals surface area contributed by atoms with Crippen LogP contribution < -0.4 is 0 Å². The van der Waals surface area contributed by atoms with Gasteiger partial charge in [0.1, 0.15) is 0 Å². The third kappa shape index (κ3) is 5.01. The topological polar surface area (TPSA) is 87.2 Å². The van der Waals surface area contributed by atoms with E-state index in [1.807, 2.05) is 11.8 Å². The molecule has 1 aromatic rings. The van der Waals surface area contributed by atoms with E-state index in [1.54, 1.807) is 42.2 Å². The molecule has 166 valence electrons. The molecule has 0 unspecified atom stereocenters. The van der Waals surface area contributed by atoms with Gasteiger partial charge in [-0.15, -0.1) is 0 Å². The van der Waals surface area contributed by atoms with Gasteiger partial charge in [0, 0.05) is 32.7 Å². The van der Waals surface area contributed by atoms with Crippen LogP contribution in [0.25, 0.3) is 0 Å². The lowest BCUT2D eigenvalue weighted by molar-refractivity contribution is -0.152. The molecule has 2 aliphatic rings. The van der Waals surface area contributed by atoms with Gasteiger partial charge in [-0.3, -0.25) is 14.5 Å². The van der Waals surface area contributed by atoms with Gasteiger partial charge in [0.05, 0.1) is 23.5 Å². The molecular formula is C21H31N3O5S. The summed E-state index contributed by atoms with van der Waals surface area (Å²) in [6.45, 7) is 6.60. The molecule has 0 saturated carbocycles. The minimum Gasteiger partial charge on any atom is -0.466 e. The minimum atomic E-state index is -3.54. The summed E-state index contributed by atoms with van der Waals surface area (Å²) < 4.78 is 32.1. The van der Waals surface area contributed by atoms with E-state index in [2.05, 4.69) is 0 Å². The smallest absolute Gasteiger partial charge is 0.310 e. The maximum Gasteiger partial charge on any atom is 0.310 e. The predicted octanol–water partition coefficient (Wildman–Crippen LogP) is 1.18. The third-order valence-electron chi connectivity index (χ3n) is 5.91. The molecule has 9 heteroatoms. The lowest BCUT2D eigenvalue weighted by Gasteiger charge is -2.39. The number of sulfonamides is 1. The number of carbonyl (C=O) groups excluding carboxylic acids is 2. The molecule has 0 aliphatic carbocycles. The summed E-state index contributed by atoms with van der Waals surface area (Å²) in [5, 5.41) is 0. The van der Waals surface area contributed by atoms with E-state index in [9.17, 15) is 18.0 Å². The van der Waals surface area contributed by atoms with Gasteiger partial charge in [-0.05, 0) is 45.4 Å². The summed E-state index contributed by atoms with van der Waals surface area (Å²) in [7, 11) is -3.54. The van der Waals surface area contributed by atoms with Gasteiger partial charge in [0.25, 0.3) is 0 Å². The molecule has 0 radical (unpaired) electrons. The lowest BCUT2D eigenvalue weighted by atomic mass is 9.96. The number of hydrogen-bond acceptors (Lipinski definition) is 6. The Kier molecular flexibility index (Phi) is 7.49. The summed E-state index contributed by atoms with van der Waals surface area (Å²) >= 11 is 0. The number of rotatable bonds is 6. The first kappa shape index (κ1) is 22.7. The summed E-state index contributed by atoms with van der Waals surface area (Å²) in [5.74, 6) is -0.403. The molecule has 2 fully saturated rings. The van der Waals surface area contributed by atoms with Gasteiger partial charge in [0.15, 0.2) is 0 Å². The van der Waals surface area contributed by atoms with Crippen LogP contribution in [0.4, 0.5) is 0 Å². The normalized spacial score (nSPS) is 22.5. The Bertz CT molecular complexity index is 837. The number of amides is 1. The van der Waals surface area contributed by atoms with Crippen LogP contribution in [0.3, 0.4) is 0 Å². The summed E-state index contributed by atoms with van der Waals surface area (Å²) in [5.41, 5.74) is 0. The second-order valence-electron chi connectivity index (χ2n) is 7.80. The van der Waals surface area contributed by atoms with E-state index >= 15 is 0 Å². The zero-order valence-electron chi connectivity index (χ0n) is 17.7. The van der Waals surface area contributed by atoms with E-state index in [1.165, 1.54) is 4.31 Å². The van der Waals surface area contributed by atoms with Crippen molar-refractivity contribution in [2.45, 2.75) is 37.6 Å². The van der Waals surface area contributed by atoms with Crippen molar-refractivity contribution in [1.82, 2.24) is 14.1 Å². The van der Waals surface area contributed by atoms with Crippen LogP contribution in [0.1, 0.15) is 26.7 Å². The SMILES string of the molecule is CCOC(=O)[C@@H]1CCCN([C@H](C)C(=O)N2CCN(S(=O)(=O)c3ccccc3)CC2)C1. The van der Waals surface area contributed by atoms with Crippen LogP contribution in [-0.4, -0.2) is 86.3 Å². The number of ether oxygens (including phenoxy) is 1. The molecule has 1 aromatic carbocycles. The van der Waals surface area contributed by atoms with Crippen molar-refractivity contribution < 1.29 is 22.7 Å². The number of esters is 1. The molecular weight excluding hydrogens is 406 g/mol. The van der Waals surface area contributed by atoms with Crippen LogP contribution >= 0.6 is 0 Å². The molecule has 30 heavy (non-hydrogen) atoms. The van der Waals surface area contributed by atoms with Crippen molar-refractivity contribution >= 4 is 21.9 Å². The molecule has 2 atom stereocenters. The maximum absolute atomic E-state index is 13.0. The Morgan fingerprint density at radius 1 is 1.10 bits per heavy atom. The first-order chi connectivity index (χ1) is 14.3. The van der Waals surface area contributed by atoms with Gasteiger partial charge in [-0.2, -0.15) is 4.31 Å². The fourth-order valence-corrected chi connectivity index (χ4v) is 5.56. The average molecular weight is 438 g/mol. The molecule has 2 heterocycles. The third-order valence-corrected chi connectivity index (χ3v) is 7.82. The second kappa shape index (κ2) is 9.89. The number of nitrogens with zero attached hydrogens (tertiary/aromatic N) is 3. The van der Waals surface area contributed by atoms with Crippen molar-refractivity contribution in [3.63, 3.8) is 0 Å². The molecule has 0 N–H and O–H groups in total. The quantitative estimate of drug-likeness (QED) is 0.621. The lowest BCUT2D eigenvalue weighted by Crippen LogP contribution is -2.56. The van der Waals surface area contributed by atoms with Crippen LogP contribution in [0.2, 0.25) is 0 Å². The van der Waals surface area contributed by atoms with Crippen molar-refractivity contribution in [3.05, 3.63) is 30.3 Å². The average Bonchev–Trinajstić information content (AvgIpc) is 2.79. The molecule has 1 amide bonds. The minimum absolute atomic E-state index is 0.0173. The zero-order valence-corrected chi connectivity index (χ0v) is 18.5. The number of hydrogen-bond donors (Lipinski definition) is 0. The summed E-state index contributed by atoms with van der Waals surface area (Å²) in [4.78, 5) is 29.2. The Morgan fingerprint density at radius 2 is 1.77 bits per heavy atom. The van der Waals surface area contributed by atoms with Crippen LogP contribution in [-0.2, 0) is 24.3 Å². The number of likely N-dealkylation sites (tertiary alicyclic amines) is 1. The summed E-state index contributed by atoms with van der Waals surface area (Å²) in [6, 6.07) is 8.02. The van der Waals surface area contributed by atoms with Gasteiger partial charge < -0.3 is 9.64 Å². The van der Waals surface area contributed by atoms with E-state index in [0.29, 0.717) is 26.2 Å². The van der Waals surface area contributed by atoms with Gasteiger partial charge >= 0.3 is 5.97 Å². The monoisotopic (exact) mass is 437 g/mol. The number of benzene rings is 1. The van der Waals surface area contributed by atoms with Gasteiger partial charge in [0.2, 0.25) is 15.9 Å². The first-order valence-corrected chi connectivity index (χ1v) is 12.0. The second-order valence-corrected chi connectivity index (χ2v) is 9.74. The van der Waals surface area contributed by atoms with E-state index < -0.39 is 10.0 Å². The van der Waals surface area contributed by atoms with E-state index in [4.69, 9.17) is 4.74 Å². The Balaban J connectivity index is 1.56. The van der Waals surface area contributed by atoms with Crippen molar-refractivity contribution in [3.8, 4) is 0 Å².